The molecule has 0 N–H and O–H groups in total. The highest BCUT2D eigenvalue weighted by Crippen LogP contribution is 2.13. The van der Waals surface area contributed by atoms with Gasteiger partial charge in [0.1, 0.15) is 6.10 Å². The van der Waals surface area contributed by atoms with E-state index in [9.17, 15) is 4.79 Å². The molecule has 1 unspecified atom stereocenters. The number of ether oxygens (including phenoxy) is 1. The monoisotopic (exact) mass is 183 g/mol. The van der Waals surface area contributed by atoms with Crippen LogP contribution >= 0.6 is 0 Å². The highest BCUT2D eigenvalue weighted by atomic mass is 16.5. The summed E-state index contributed by atoms with van der Waals surface area (Å²) in [6.45, 7) is 0.736. The minimum Gasteiger partial charge on any atom is -0.370 e. The number of hydrogen-bond donors (Lipinski definition) is 0. The summed E-state index contributed by atoms with van der Waals surface area (Å²) < 4.78 is 5.40. The summed E-state index contributed by atoms with van der Waals surface area (Å²) in [6, 6.07) is 0. The van der Waals surface area contributed by atoms with Crippen molar-refractivity contribution in [3.05, 3.63) is 0 Å². The highest BCUT2D eigenvalue weighted by Gasteiger charge is 2.08. The molecule has 1 saturated heterocycles. The van der Waals surface area contributed by atoms with Crippen LogP contribution in [0.25, 0.3) is 0 Å². The SMILES string of the molecule is O=[C]C1CCCCCCCCCO1. The Morgan fingerprint density at radius 2 is 1.54 bits per heavy atom. The fraction of sp³-hybridized carbons (Fsp3) is 0.909. The van der Waals surface area contributed by atoms with Crippen LogP contribution in [0, 0.1) is 0 Å². The topological polar surface area (TPSA) is 26.3 Å². The molecule has 2 nitrogen and oxygen atoms in total. The molecule has 1 heterocycles. The molecule has 0 saturated carbocycles. The Bertz CT molecular complexity index is 122. The van der Waals surface area contributed by atoms with Crippen molar-refractivity contribution < 1.29 is 9.53 Å². The summed E-state index contributed by atoms with van der Waals surface area (Å²) in [5, 5.41) is 0. The van der Waals surface area contributed by atoms with Gasteiger partial charge in [-0.2, -0.15) is 0 Å². The third-order valence-electron chi connectivity index (χ3n) is 2.56. The number of hydrogen-bond acceptors (Lipinski definition) is 2. The van der Waals surface area contributed by atoms with Gasteiger partial charge in [0, 0.05) is 6.61 Å². The minimum atomic E-state index is -0.252. The second-order valence-electron chi connectivity index (χ2n) is 3.74. The second-order valence-corrected chi connectivity index (χ2v) is 3.74. The molecule has 0 aliphatic carbocycles. The largest absolute Gasteiger partial charge is 0.370 e. The van der Waals surface area contributed by atoms with E-state index in [1.165, 1.54) is 32.1 Å². The molecule has 1 rings (SSSR count). The van der Waals surface area contributed by atoms with Crippen molar-refractivity contribution in [3.63, 3.8) is 0 Å². The summed E-state index contributed by atoms with van der Waals surface area (Å²) in [6.07, 6.45) is 11.2. The second kappa shape index (κ2) is 7.07. The molecule has 0 aromatic carbocycles. The molecular weight excluding hydrogens is 164 g/mol. The standard InChI is InChI=1S/C11H19O2/c12-10-11-8-6-4-2-1-3-5-7-9-13-11/h11H,1-9H2. The number of carbonyl (C=O) groups excluding carboxylic acids is 1. The fourth-order valence-corrected chi connectivity index (χ4v) is 1.72. The van der Waals surface area contributed by atoms with Crippen molar-refractivity contribution in [3.8, 4) is 0 Å². The molecule has 0 spiro atoms. The van der Waals surface area contributed by atoms with Gasteiger partial charge in [-0.15, -0.1) is 0 Å². The van der Waals surface area contributed by atoms with E-state index in [0.29, 0.717) is 0 Å². The van der Waals surface area contributed by atoms with Gasteiger partial charge < -0.3 is 4.74 Å². The van der Waals surface area contributed by atoms with Gasteiger partial charge in [-0.1, -0.05) is 38.5 Å². The molecule has 75 valence electrons. The zero-order valence-corrected chi connectivity index (χ0v) is 8.26. The maximum atomic E-state index is 10.5. The normalized spacial score (nSPS) is 27.5. The van der Waals surface area contributed by atoms with Gasteiger partial charge in [-0.3, -0.25) is 4.79 Å². The van der Waals surface area contributed by atoms with Gasteiger partial charge in [-0.05, 0) is 12.8 Å². The van der Waals surface area contributed by atoms with E-state index < -0.39 is 0 Å². The molecule has 1 aliphatic rings. The van der Waals surface area contributed by atoms with Gasteiger partial charge in [0.05, 0.1) is 0 Å². The average Bonchev–Trinajstić information content (AvgIpc) is 2.22. The van der Waals surface area contributed by atoms with E-state index in [2.05, 4.69) is 0 Å². The first-order valence-electron chi connectivity index (χ1n) is 5.43. The summed E-state index contributed by atoms with van der Waals surface area (Å²) in [7, 11) is 0. The molecular formula is C11H19O2. The van der Waals surface area contributed by atoms with Crippen molar-refractivity contribution in [2.24, 2.45) is 0 Å². The predicted molar refractivity (Wildman–Crippen MR) is 52.4 cm³/mol. The third-order valence-corrected chi connectivity index (χ3v) is 2.56. The zero-order valence-electron chi connectivity index (χ0n) is 8.26. The first-order valence-corrected chi connectivity index (χ1v) is 5.43. The fourth-order valence-electron chi connectivity index (χ4n) is 1.72. The van der Waals surface area contributed by atoms with Gasteiger partial charge in [0.25, 0.3) is 0 Å². The summed E-state index contributed by atoms with van der Waals surface area (Å²) >= 11 is 0. The van der Waals surface area contributed by atoms with Crippen LogP contribution in [0.1, 0.15) is 51.4 Å². The van der Waals surface area contributed by atoms with Crippen LogP contribution in [0.4, 0.5) is 0 Å². The van der Waals surface area contributed by atoms with Crippen LogP contribution in [0.15, 0.2) is 0 Å². The summed E-state index contributed by atoms with van der Waals surface area (Å²) in [4.78, 5) is 10.5. The van der Waals surface area contributed by atoms with Gasteiger partial charge in [0.15, 0.2) is 0 Å². The van der Waals surface area contributed by atoms with E-state index in [1.807, 2.05) is 6.29 Å². The van der Waals surface area contributed by atoms with Crippen LogP contribution in [0.2, 0.25) is 0 Å². The molecule has 1 aliphatic heterocycles. The number of rotatable bonds is 1. The van der Waals surface area contributed by atoms with E-state index >= 15 is 0 Å². The quantitative estimate of drug-likeness (QED) is 0.624. The lowest BCUT2D eigenvalue weighted by atomic mass is 10.1. The molecule has 2 heteroatoms. The lowest BCUT2D eigenvalue weighted by Crippen LogP contribution is -2.14. The smallest absolute Gasteiger partial charge is 0.229 e. The third kappa shape index (κ3) is 5.04. The van der Waals surface area contributed by atoms with Crippen LogP contribution in [-0.2, 0) is 9.53 Å². The van der Waals surface area contributed by atoms with Crippen LogP contribution in [-0.4, -0.2) is 19.0 Å². The van der Waals surface area contributed by atoms with Crippen LogP contribution in [0.3, 0.4) is 0 Å². The molecule has 0 aromatic heterocycles. The molecule has 0 aromatic rings. The summed E-state index contributed by atoms with van der Waals surface area (Å²) in [5.74, 6) is 0. The molecule has 1 fully saturated rings. The van der Waals surface area contributed by atoms with Crippen molar-refractivity contribution in [1.29, 1.82) is 0 Å². The lowest BCUT2D eigenvalue weighted by Gasteiger charge is -2.09. The van der Waals surface area contributed by atoms with Gasteiger partial charge >= 0.3 is 0 Å². The van der Waals surface area contributed by atoms with E-state index in [4.69, 9.17) is 4.74 Å². The molecule has 1 radical (unpaired) electrons. The zero-order chi connectivity index (χ0) is 9.36. The first kappa shape index (κ1) is 10.7. The Kier molecular flexibility index (Phi) is 5.83. The Labute approximate surface area is 80.7 Å². The van der Waals surface area contributed by atoms with Crippen molar-refractivity contribution >= 4 is 6.29 Å². The van der Waals surface area contributed by atoms with E-state index in [1.54, 1.807) is 0 Å². The van der Waals surface area contributed by atoms with Crippen LogP contribution < -0.4 is 0 Å². The Morgan fingerprint density at radius 3 is 2.23 bits per heavy atom. The van der Waals surface area contributed by atoms with E-state index in [-0.39, 0.29) is 6.10 Å². The minimum absolute atomic E-state index is 0.252. The maximum absolute atomic E-state index is 10.5. The van der Waals surface area contributed by atoms with Crippen molar-refractivity contribution in [2.75, 3.05) is 6.61 Å². The predicted octanol–water partition coefficient (Wildman–Crippen LogP) is 2.62. The Morgan fingerprint density at radius 1 is 0.923 bits per heavy atom. The molecule has 0 bridgehead atoms. The first-order chi connectivity index (χ1) is 6.43. The summed E-state index contributed by atoms with van der Waals surface area (Å²) in [5.41, 5.74) is 0. The molecule has 0 amide bonds. The van der Waals surface area contributed by atoms with Crippen molar-refractivity contribution in [1.82, 2.24) is 0 Å². The van der Waals surface area contributed by atoms with Crippen molar-refractivity contribution in [2.45, 2.75) is 57.5 Å². The lowest BCUT2D eigenvalue weighted by molar-refractivity contribution is 0.0860. The van der Waals surface area contributed by atoms with Gasteiger partial charge in [0.2, 0.25) is 6.29 Å². The van der Waals surface area contributed by atoms with Gasteiger partial charge in [-0.25, -0.2) is 0 Å². The Balaban J connectivity index is 2.22. The van der Waals surface area contributed by atoms with Crippen LogP contribution in [0.5, 0.6) is 0 Å². The maximum Gasteiger partial charge on any atom is 0.229 e. The Hall–Kier alpha value is -0.370. The van der Waals surface area contributed by atoms with E-state index in [0.717, 1.165) is 25.9 Å². The highest BCUT2D eigenvalue weighted by molar-refractivity contribution is 5.56. The molecule has 1 atom stereocenters. The molecule has 13 heavy (non-hydrogen) atoms. The average molecular weight is 183 g/mol.